The predicted octanol–water partition coefficient (Wildman–Crippen LogP) is 3.88. The molecule has 1 aromatic carbocycles. The van der Waals surface area contributed by atoms with Crippen LogP contribution in [-0.2, 0) is 6.18 Å². The lowest BCUT2D eigenvalue weighted by atomic mass is 10.3. The maximum absolute atomic E-state index is 13.4. The van der Waals surface area contributed by atoms with Crippen molar-refractivity contribution in [3.05, 3.63) is 42.4 Å². The number of imidazole rings is 1. The van der Waals surface area contributed by atoms with Gasteiger partial charge in [0.25, 0.3) is 0 Å². The van der Waals surface area contributed by atoms with Crippen LogP contribution in [0.5, 0.6) is 5.75 Å². The number of anilines is 1. The Kier molecular flexibility index (Phi) is 4.04. The summed E-state index contributed by atoms with van der Waals surface area (Å²) in [4.78, 5) is 7.88. The van der Waals surface area contributed by atoms with E-state index in [2.05, 4.69) is 15.3 Å². The molecule has 0 aliphatic heterocycles. The Hall–Kier alpha value is -2.77. The molecule has 3 rings (SSSR count). The Morgan fingerprint density at radius 1 is 1.21 bits per heavy atom. The van der Waals surface area contributed by atoms with Gasteiger partial charge in [-0.3, -0.25) is 4.57 Å². The molecular weight excluding hydrogens is 321 g/mol. The zero-order valence-corrected chi connectivity index (χ0v) is 13.1. The summed E-state index contributed by atoms with van der Waals surface area (Å²) in [5.41, 5.74) is 0.829. The quantitative estimate of drug-likeness (QED) is 0.785. The Morgan fingerprint density at radius 2 is 2.00 bits per heavy atom. The Bertz CT molecular complexity index is 856. The van der Waals surface area contributed by atoms with Crippen LogP contribution >= 0.6 is 0 Å². The molecule has 2 aromatic heterocycles. The minimum absolute atomic E-state index is 0.206. The van der Waals surface area contributed by atoms with E-state index in [1.807, 2.05) is 6.92 Å². The standard InChI is InChI=1S/C16H15F3N4O/c1-3-20-14-7-4-10(9-21-14)23-13-6-5-11(24-2)8-12(13)22-15(23)16(17,18)19/h4-9H,3H2,1-2H3,(H,20,21). The molecule has 0 spiro atoms. The fourth-order valence-corrected chi connectivity index (χ4v) is 2.44. The monoisotopic (exact) mass is 336 g/mol. The first-order valence-corrected chi connectivity index (χ1v) is 7.28. The summed E-state index contributed by atoms with van der Waals surface area (Å²) in [6.07, 6.45) is -3.20. The van der Waals surface area contributed by atoms with E-state index in [-0.39, 0.29) is 11.2 Å². The topological polar surface area (TPSA) is 52.0 Å². The van der Waals surface area contributed by atoms with Gasteiger partial charge in [-0.2, -0.15) is 13.2 Å². The maximum atomic E-state index is 13.4. The van der Waals surface area contributed by atoms with E-state index in [1.54, 1.807) is 24.3 Å². The molecule has 5 nitrogen and oxygen atoms in total. The van der Waals surface area contributed by atoms with E-state index >= 15 is 0 Å². The number of ether oxygens (including phenoxy) is 1. The number of pyridine rings is 1. The van der Waals surface area contributed by atoms with Gasteiger partial charge in [-0.05, 0) is 31.2 Å². The number of hydrogen-bond acceptors (Lipinski definition) is 4. The number of methoxy groups -OCH3 is 1. The van der Waals surface area contributed by atoms with Crippen molar-refractivity contribution < 1.29 is 17.9 Å². The fourth-order valence-electron chi connectivity index (χ4n) is 2.44. The number of halogens is 3. The molecule has 0 aliphatic carbocycles. The third-order valence-electron chi connectivity index (χ3n) is 3.48. The molecule has 0 atom stereocenters. The first kappa shape index (κ1) is 16.1. The van der Waals surface area contributed by atoms with Gasteiger partial charge in [0.05, 0.1) is 30.0 Å². The van der Waals surface area contributed by atoms with Gasteiger partial charge in [-0.25, -0.2) is 9.97 Å². The van der Waals surface area contributed by atoms with Crippen molar-refractivity contribution in [1.82, 2.24) is 14.5 Å². The van der Waals surface area contributed by atoms with Crippen molar-refractivity contribution in [1.29, 1.82) is 0 Å². The lowest BCUT2D eigenvalue weighted by molar-refractivity contribution is -0.145. The summed E-state index contributed by atoms with van der Waals surface area (Å²) in [5, 5.41) is 3.00. The normalized spacial score (nSPS) is 11.7. The molecule has 3 aromatic rings. The lowest BCUT2D eigenvalue weighted by Gasteiger charge is -2.12. The van der Waals surface area contributed by atoms with E-state index in [0.29, 0.717) is 23.6 Å². The molecule has 0 saturated heterocycles. The van der Waals surface area contributed by atoms with Crippen LogP contribution in [0.2, 0.25) is 0 Å². The number of aromatic nitrogens is 3. The Balaban J connectivity index is 2.20. The molecule has 0 saturated carbocycles. The van der Waals surface area contributed by atoms with Crippen LogP contribution in [0.3, 0.4) is 0 Å². The van der Waals surface area contributed by atoms with Crippen LogP contribution in [0.15, 0.2) is 36.5 Å². The third kappa shape index (κ3) is 2.86. The average Bonchev–Trinajstić information content (AvgIpc) is 2.94. The highest BCUT2D eigenvalue weighted by Gasteiger charge is 2.38. The van der Waals surface area contributed by atoms with Crippen molar-refractivity contribution in [2.24, 2.45) is 0 Å². The second kappa shape index (κ2) is 6.03. The van der Waals surface area contributed by atoms with Crippen molar-refractivity contribution in [2.75, 3.05) is 19.0 Å². The maximum Gasteiger partial charge on any atom is 0.450 e. The average molecular weight is 336 g/mol. The van der Waals surface area contributed by atoms with Crippen LogP contribution < -0.4 is 10.1 Å². The molecule has 0 aliphatic rings. The van der Waals surface area contributed by atoms with Gasteiger partial charge < -0.3 is 10.1 Å². The van der Waals surface area contributed by atoms with Gasteiger partial charge in [-0.15, -0.1) is 0 Å². The van der Waals surface area contributed by atoms with Gasteiger partial charge >= 0.3 is 6.18 Å². The van der Waals surface area contributed by atoms with Gasteiger partial charge in [0.15, 0.2) is 0 Å². The number of fused-ring (bicyclic) bond motifs is 1. The van der Waals surface area contributed by atoms with E-state index in [4.69, 9.17) is 4.74 Å². The number of nitrogens with one attached hydrogen (secondary N) is 1. The smallest absolute Gasteiger partial charge is 0.450 e. The number of rotatable bonds is 4. The summed E-state index contributed by atoms with van der Waals surface area (Å²) < 4.78 is 46.3. The molecule has 2 heterocycles. The molecule has 8 heteroatoms. The van der Waals surface area contributed by atoms with Crippen molar-refractivity contribution in [3.63, 3.8) is 0 Å². The van der Waals surface area contributed by atoms with Crippen LogP contribution in [-0.4, -0.2) is 28.2 Å². The number of nitrogens with zero attached hydrogens (tertiary/aromatic N) is 3. The van der Waals surface area contributed by atoms with Crippen molar-refractivity contribution >= 4 is 16.9 Å². The van der Waals surface area contributed by atoms with Crippen molar-refractivity contribution in [2.45, 2.75) is 13.1 Å². The Morgan fingerprint density at radius 3 is 2.58 bits per heavy atom. The van der Waals surface area contributed by atoms with E-state index in [9.17, 15) is 13.2 Å². The summed E-state index contributed by atoms with van der Waals surface area (Å²) in [6, 6.07) is 7.83. The van der Waals surface area contributed by atoms with Crippen LogP contribution in [0.4, 0.5) is 19.0 Å². The van der Waals surface area contributed by atoms with Crippen LogP contribution in [0.1, 0.15) is 12.7 Å². The third-order valence-corrected chi connectivity index (χ3v) is 3.48. The highest BCUT2D eigenvalue weighted by Crippen LogP contribution is 2.34. The molecule has 0 bridgehead atoms. The summed E-state index contributed by atoms with van der Waals surface area (Å²) in [5.74, 6) is 0.0474. The van der Waals surface area contributed by atoms with Gasteiger partial charge in [0.2, 0.25) is 5.82 Å². The first-order valence-electron chi connectivity index (χ1n) is 7.28. The zero-order valence-electron chi connectivity index (χ0n) is 13.1. The summed E-state index contributed by atoms with van der Waals surface area (Å²) in [7, 11) is 1.45. The molecule has 0 radical (unpaired) electrons. The molecule has 24 heavy (non-hydrogen) atoms. The van der Waals surface area contributed by atoms with Crippen LogP contribution in [0, 0.1) is 0 Å². The Labute approximate surface area is 136 Å². The van der Waals surface area contributed by atoms with Crippen LogP contribution in [0.25, 0.3) is 16.7 Å². The molecule has 1 N–H and O–H groups in total. The molecule has 126 valence electrons. The van der Waals surface area contributed by atoms with Gasteiger partial charge in [-0.1, -0.05) is 0 Å². The second-order valence-corrected chi connectivity index (χ2v) is 5.06. The van der Waals surface area contributed by atoms with Gasteiger partial charge in [0.1, 0.15) is 11.6 Å². The SMILES string of the molecule is CCNc1ccc(-n2c(C(F)(F)F)nc3cc(OC)ccc32)cn1. The van der Waals surface area contributed by atoms with E-state index < -0.39 is 12.0 Å². The van der Waals surface area contributed by atoms with E-state index in [0.717, 1.165) is 4.57 Å². The minimum atomic E-state index is -4.59. The van der Waals surface area contributed by atoms with Crippen molar-refractivity contribution in [3.8, 4) is 11.4 Å². The molecular formula is C16H15F3N4O. The van der Waals surface area contributed by atoms with Gasteiger partial charge in [0, 0.05) is 12.6 Å². The van der Waals surface area contributed by atoms with E-state index in [1.165, 1.54) is 19.4 Å². The summed E-state index contributed by atoms with van der Waals surface area (Å²) in [6.45, 7) is 2.59. The predicted molar refractivity (Wildman–Crippen MR) is 84.6 cm³/mol. The molecule has 0 amide bonds. The second-order valence-electron chi connectivity index (χ2n) is 5.06. The highest BCUT2D eigenvalue weighted by atomic mass is 19.4. The molecule has 0 unspecified atom stereocenters. The highest BCUT2D eigenvalue weighted by molar-refractivity contribution is 5.80. The zero-order chi connectivity index (χ0) is 17.3. The largest absolute Gasteiger partial charge is 0.497 e. The number of alkyl halides is 3. The number of benzene rings is 1. The lowest BCUT2D eigenvalue weighted by Crippen LogP contribution is -2.14. The fraction of sp³-hybridized carbons (Fsp3) is 0.250. The molecule has 0 fully saturated rings. The minimum Gasteiger partial charge on any atom is -0.497 e. The first-order chi connectivity index (χ1) is 11.4. The summed E-state index contributed by atoms with van der Waals surface area (Å²) >= 11 is 0. The number of hydrogen-bond donors (Lipinski definition) is 1.